The molecule has 0 amide bonds. The number of hydrogen-bond donors (Lipinski definition) is 1. The van der Waals surface area contributed by atoms with Crippen molar-refractivity contribution in [1.29, 1.82) is 0 Å². The molecule has 0 saturated carbocycles. The van der Waals surface area contributed by atoms with Gasteiger partial charge in [0.05, 0.1) is 0 Å². The number of halogens is 1. The van der Waals surface area contributed by atoms with Gasteiger partial charge in [-0.1, -0.05) is 11.2 Å². The zero-order chi connectivity index (χ0) is 13.2. The van der Waals surface area contributed by atoms with Gasteiger partial charge >= 0.3 is 0 Å². The molecule has 1 atom stereocenters. The Labute approximate surface area is 111 Å². The first-order chi connectivity index (χ1) is 9.22. The molecule has 3 rings (SSSR count). The van der Waals surface area contributed by atoms with Gasteiger partial charge in [-0.25, -0.2) is 4.39 Å². The van der Waals surface area contributed by atoms with Crippen LogP contribution < -0.4 is 5.32 Å². The summed E-state index contributed by atoms with van der Waals surface area (Å²) in [5.41, 5.74) is 1.64. The quantitative estimate of drug-likeness (QED) is 0.921. The Morgan fingerprint density at radius 3 is 3.16 bits per heavy atom. The molecule has 19 heavy (non-hydrogen) atoms. The second-order valence-corrected chi connectivity index (χ2v) is 5.03. The maximum absolute atomic E-state index is 13.3. The largest absolute Gasteiger partial charge is 0.339 e. The van der Waals surface area contributed by atoms with Crippen LogP contribution in [0.5, 0.6) is 0 Å². The van der Waals surface area contributed by atoms with Crippen LogP contribution in [-0.4, -0.2) is 23.2 Å². The molecule has 1 unspecified atom stereocenters. The lowest BCUT2D eigenvalue weighted by atomic mass is 10.1. The Bertz CT molecular complexity index is 576. The normalized spacial score (nSPS) is 18.9. The van der Waals surface area contributed by atoms with Gasteiger partial charge in [0, 0.05) is 12.0 Å². The van der Waals surface area contributed by atoms with Gasteiger partial charge in [0.15, 0.2) is 0 Å². The van der Waals surface area contributed by atoms with E-state index in [4.69, 9.17) is 4.52 Å². The number of benzene rings is 1. The third-order valence-corrected chi connectivity index (χ3v) is 3.53. The van der Waals surface area contributed by atoms with Crippen molar-refractivity contribution in [2.45, 2.75) is 19.8 Å². The minimum absolute atomic E-state index is 0.285. The Balaban J connectivity index is 1.82. The third-order valence-electron chi connectivity index (χ3n) is 3.53. The molecule has 1 aromatic carbocycles. The van der Waals surface area contributed by atoms with Gasteiger partial charge in [-0.05, 0) is 50.0 Å². The summed E-state index contributed by atoms with van der Waals surface area (Å²) in [4.78, 5) is 4.37. The van der Waals surface area contributed by atoms with Crippen LogP contribution in [0.3, 0.4) is 0 Å². The molecule has 5 heteroatoms. The summed E-state index contributed by atoms with van der Waals surface area (Å²) in [7, 11) is 0. The van der Waals surface area contributed by atoms with Crippen molar-refractivity contribution in [1.82, 2.24) is 15.5 Å². The summed E-state index contributed by atoms with van der Waals surface area (Å²) in [5.74, 6) is 1.37. The fourth-order valence-electron chi connectivity index (χ4n) is 2.42. The minimum Gasteiger partial charge on any atom is -0.339 e. The van der Waals surface area contributed by atoms with Crippen LogP contribution in [0.4, 0.5) is 4.39 Å². The predicted molar refractivity (Wildman–Crippen MR) is 69.1 cm³/mol. The Hall–Kier alpha value is -1.75. The zero-order valence-electron chi connectivity index (χ0n) is 10.8. The van der Waals surface area contributed by atoms with E-state index in [1.165, 1.54) is 12.1 Å². The average molecular weight is 261 g/mol. The second-order valence-electron chi connectivity index (χ2n) is 5.03. The molecule has 100 valence electrons. The van der Waals surface area contributed by atoms with E-state index >= 15 is 0 Å². The lowest BCUT2D eigenvalue weighted by Gasteiger charge is -2.02. The van der Waals surface area contributed by atoms with Crippen LogP contribution >= 0.6 is 0 Å². The molecule has 1 N–H and O–H groups in total. The Kier molecular flexibility index (Phi) is 3.29. The summed E-state index contributed by atoms with van der Waals surface area (Å²) in [6.07, 6.45) is 1.92. The van der Waals surface area contributed by atoms with Crippen molar-refractivity contribution >= 4 is 0 Å². The SMILES string of the molecule is Cc1ccc(F)cc1-c1noc(CC2CCNC2)n1. The first-order valence-electron chi connectivity index (χ1n) is 6.52. The van der Waals surface area contributed by atoms with Crippen molar-refractivity contribution in [3.63, 3.8) is 0 Å². The van der Waals surface area contributed by atoms with Gasteiger partial charge in [0.25, 0.3) is 0 Å². The summed E-state index contributed by atoms with van der Waals surface area (Å²) < 4.78 is 18.5. The molecular formula is C14H16FN3O. The lowest BCUT2D eigenvalue weighted by molar-refractivity contribution is 0.358. The van der Waals surface area contributed by atoms with Crippen molar-refractivity contribution < 1.29 is 8.91 Å². The van der Waals surface area contributed by atoms with Crippen LogP contribution in [0.15, 0.2) is 22.7 Å². The van der Waals surface area contributed by atoms with E-state index in [1.807, 2.05) is 6.92 Å². The van der Waals surface area contributed by atoms with E-state index in [2.05, 4.69) is 15.5 Å². The van der Waals surface area contributed by atoms with Gasteiger partial charge in [-0.3, -0.25) is 0 Å². The molecule has 2 aromatic rings. The maximum atomic E-state index is 13.3. The van der Waals surface area contributed by atoms with Crippen molar-refractivity contribution in [2.24, 2.45) is 5.92 Å². The standard InChI is InChI=1S/C14H16FN3O/c1-9-2-3-11(15)7-12(9)14-17-13(19-18-14)6-10-4-5-16-8-10/h2-3,7,10,16H,4-6,8H2,1H3. The van der Waals surface area contributed by atoms with E-state index < -0.39 is 0 Å². The lowest BCUT2D eigenvalue weighted by Crippen LogP contribution is -2.10. The topological polar surface area (TPSA) is 51.0 Å². The maximum Gasteiger partial charge on any atom is 0.227 e. The molecular weight excluding hydrogens is 245 g/mol. The predicted octanol–water partition coefficient (Wildman–Crippen LogP) is 2.34. The first kappa shape index (κ1) is 12.3. The minimum atomic E-state index is -0.285. The molecule has 0 aliphatic carbocycles. The van der Waals surface area contributed by atoms with E-state index in [0.29, 0.717) is 23.2 Å². The van der Waals surface area contributed by atoms with Crippen LogP contribution in [0.1, 0.15) is 17.9 Å². The van der Waals surface area contributed by atoms with Gasteiger partial charge in [-0.2, -0.15) is 4.98 Å². The fourth-order valence-corrected chi connectivity index (χ4v) is 2.42. The molecule has 0 spiro atoms. The van der Waals surface area contributed by atoms with Gasteiger partial charge in [0.1, 0.15) is 5.82 Å². The average Bonchev–Trinajstić information content (AvgIpc) is 3.04. The summed E-state index contributed by atoms with van der Waals surface area (Å²) in [6.45, 7) is 3.96. The van der Waals surface area contributed by atoms with Crippen molar-refractivity contribution in [3.8, 4) is 11.4 Å². The van der Waals surface area contributed by atoms with Crippen molar-refractivity contribution in [2.75, 3.05) is 13.1 Å². The summed E-state index contributed by atoms with van der Waals surface area (Å²) >= 11 is 0. The number of nitrogens with zero attached hydrogens (tertiary/aromatic N) is 2. The Morgan fingerprint density at radius 2 is 2.37 bits per heavy atom. The first-order valence-corrected chi connectivity index (χ1v) is 6.52. The van der Waals surface area contributed by atoms with E-state index in [1.54, 1.807) is 6.07 Å². The van der Waals surface area contributed by atoms with E-state index in [9.17, 15) is 4.39 Å². The smallest absolute Gasteiger partial charge is 0.227 e. The second kappa shape index (κ2) is 5.09. The molecule has 1 aliphatic rings. The molecule has 1 fully saturated rings. The van der Waals surface area contributed by atoms with Crippen LogP contribution in [-0.2, 0) is 6.42 Å². The molecule has 2 heterocycles. The highest BCUT2D eigenvalue weighted by Crippen LogP contribution is 2.22. The van der Waals surface area contributed by atoms with Gasteiger partial charge < -0.3 is 9.84 Å². The van der Waals surface area contributed by atoms with Gasteiger partial charge in [0.2, 0.25) is 11.7 Å². The zero-order valence-corrected chi connectivity index (χ0v) is 10.8. The number of rotatable bonds is 3. The van der Waals surface area contributed by atoms with Crippen LogP contribution in [0.25, 0.3) is 11.4 Å². The molecule has 4 nitrogen and oxygen atoms in total. The number of nitrogens with one attached hydrogen (secondary N) is 1. The van der Waals surface area contributed by atoms with E-state index in [-0.39, 0.29) is 5.82 Å². The monoisotopic (exact) mass is 261 g/mol. The number of aromatic nitrogens is 2. The highest BCUT2D eigenvalue weighted by molar-refractivity contribution is 5.59. The number of hydrogen-bond acceptors (Lipinski definition) is 4. The highest BCUT2D eigenvalue weighted by atomic mass is 19.1. The van der Waals surface area contributed by atoms with Crippen molar-refractivity contribution in [3.05, 3.63) is 35.5 Å². The third kappa shape index (κ3) is 2.66. The molecule has 1 saturated heterocycles. The van der Waals surface area contributed by atoms with Crippen LogP contribution in [0.2, 0.25) is 0 Å². The number of aryl methyl sites for hydroxylation is 1. The summed E-state index contributed by atoms with van der Waals surface area (Å²) in [5, 5.41) is 7.27. The molecule has 1 aromatic heterocycles. The van der Waals surface area contributed by atoms with Gasteiger partial charge in [-0.15, -0.1) is 0 Å². The highest BCUT2D eigenvalue weighted by Gasteiger charge is 2.19. The fraction of sp³-hybridized carbons (Fsp3) is 0.429. The molecule has 0 radical (unpaired) electrons. The van der Waals surface area contributed by atoms with Crippen LogP contribution in [0, 0.1) is 18.7 Å². The molecule has 0 bridgehead atoms. The van der Waals surface area contributed by atoms with E-state index in [0.717, 1.165) is 31.5 Å². The Morgan fingerprint density at radius 1 is 1.47 bits per heavy atom. The molecule has 1 aliphatic heterocycles. The summed E-state index contributed by atoms with van der Waals surface area (Å²) in [6, 6.07) is 4.60.